The molecule has 0 bridgehead atoms. The fourth-order valence-electron chi connectivity index (χ4n) is 4.21. The van der Waals surface area contributed by atoms with E-state index in [0.29, 0.717) is 0 Å². The summed E-state index contributed by atoms with van der Waals surface area (Å²) in [7, 11) is 0. The number of rotatable bonds is 5. The molecule has 2 atom stereocenters. The quantitative estimate of drug-likeness (QED) is 0.638. The van der Waals surface area contributed by atoms with E-state index in [-0.39, 0.29) is 12.2 Å². The molecule has 0 aromatic heterocycles. The molecule has 28 heavy (non-hydrogen) atoms. The summed E-state index contributed by atoms with van der Waals surface area (Å²) < 4.78 is 11.8. The topological polar surface area (TPSA) is 46.1 Å². The Morgan fingerprint density at radius 3 is 2.82 bits per heavy atom. The van der Waals surface area contributed by atoms with Crippen molar-refractivity contribution in [1.82, 2.24) is 10.2 Å². The first kappa shape index (κ1) is 19.2. The summed E-state index contributed by atoms with van der Waals surface area (Å²) in [5.41, 5.74) is 1.36. The van der Waals surface area contributed by atoms with Crippen LogP contribution >= 0.6 is 0 Å². The van der Waals surface area contributed by atoms with Crippen molar-refractivity contribution in [1.29, 1.82) is 0 Å². The van der Waals surface area contributed by atoms with Gasteiger partial charge in [0.25, 0.3) is 0 Å². The molecular formula is C23H31N3O2. The van der Waals surface area contributed by atoms with Crippen LogP contribution in [0, 0.1) is 0 Å². The van der Waals surface area contributed by atoms with Gasteiger partial charge in [-0.15, -0.1) is 0 Å². The molecule has 5 heteroatoms. The maximum absolute atomic E-state index is 5.99. The van der Waals surface area contributed by atoms with E-state index >= 15 is 0 Å². The molecular weight excluding hydrogens is 350 g/mol. The minimum absolute atomic E-state index is 0.151. The van der Waals surface area contributed by atoms with E-state index in [1.165, 1.54) is 16.3 Å². The lowest BCUT2D eigenvalue weighted by Gasteiger charge is -2.37. The Kier molecular flexibility index (Phi) is 6.45. The molecule has 0 aliphatic carbocycles. The standard InChI is InChI=1S/C23H31N3O2/c1-2-24-23(26-14-16-28-22(17-26)21-11-6-15-27-21)25-13-12-19-9-5-8-18-7-3-4-10-20(18)19/h3-5,7-10,21-22H,2,6,11-17H2,1H3,(H,24,25). The summed E-state index contributed by atoms with van der Waals surface area (Å²) in [6, 6.07) is 15.1. The summed E-state index contributed by atoms with van der Waals surface area (Å²) >= 11 is 0. The molecule has 4 rings (SSSR count). The summed E-state index contributed by atoms with van der Waals surface area (Å²) in [4.78, 5) is 7.27. The summed E-state index contributed by atoms with van der Waals surface area (Å²) in [6.07, 6.45) is 3.58. The van der Waals surface area contributed by atoms with Gasteiger partial charge >= 0.3 is 0 Å². The van der Waals surface area contributed by atoms with Crippen molar-refractivity contribution in [2.45, 2.75) is 38.4 Å². The number of aliphatic imine (C=N–C) groups is 1. The van der Waals surface area contributed by atoms with Gasteiger partial charge in [0.2, 0.25) is 0 Å². The van der Waals surface area contributed by atoms with Crippen molar-refractivity contribution in [3.8, 4) is 0 Å². The summed E-state index contributed by atoms with van der Waals surface area (Å²) in [5, 5.41) is 6.09. The Labute approximate surface area is 167 Å². The van der Waals surface area contributed by atoms with Crippen molar-refractivity contribution in [2.24, 2.45) is 4.99 Å². The van der Waals surface area contributed by atoms with Crippen LogP contribution < -0.4 is 5.32 Å². The number of nitrogens with one attached hydrogen (secondary N) is 1. The Hall–Kier alpha value is -2.11. The average Bonchev–Trinajstić information content (AvgIpc) is 3.28. The molecule has 2 aliphatic rings. The van der Waals surface area contributed by atoms with Crippen LogP contribution in [0.3, 0.4) is 0 Å². The highest BCUT2D eigenvalue weighted by Crippen LogP contribution is 2.21. The molecule has 2 aromatic carbocycles. The van der Waals surface area contributed by atoms with Gasteiger partial charge in [-0.05, 0) is 42.5 Å². The molecule has 1 N–H and O–H groups in total. The van der Waals surface area contributed by atoms with Gasteiger partial charge in [0.05, 0.1) is 12.7 Å². The molecule has 0 amide bonds. The van der Waals surface area contributed by atoms with Gasteiger partial charge in [-0.1, -0.05) is 42.5 Å². The number of fused-ring (bicyclic) bond motifs is 1. The zero-order valence-electron chi connectivity index (χ0n) is 16.8. The van der Waals surface area contributed by atoms with Crippen molar-refractivity contribution >= 4 is 16.7 Å². The average molecular weight is 382 g/mol. The zero-order chi connectivity index (χ0) is 19.2. The zero-order valence-corrected chi connectivity index (χ0v) is 16.8. The number of benzene rings is 2. The molecule has 2 heterocycles. The fraction of sp³-hybridized carbons (Fsp3) is 0.522. The first-order chi connectivity index (χ1) is 13.8. The lowest BCUT2D eigenvalue weighted by molar-refractivity contribution is -0.0817. The number of nitrogens with zero attached hydrogens (tertiary/aromatic N) is 2. The van der Waals surface area contributed by atoms with Crippen molar-refractivity contribution < 1.29 is 9.47 Å². The van der Waals surface area contributed by atoms with Crippen molar-refractivity contribution in [3.05, 3.63) is 48.0 Å². The van der Waals surface area contributed by atoms with Crippen LogP contribution in [-0.2, 0) is 15.9 Å². The first-order valence-corrected chi connectivity index (χ1v) is 10.6. The van der Waals surface area contributed by atoms with E-state index in [1.807, 2.05) is 0 Å². The molecule has 2 unspecified atom stereocenters. The van der Waals surface area contributed by atoms with Gasteiger partial charge in [-0.3, -0.25) is 4.99 Å². The van der Waals surface area contributed by atoms with Crippen LogP contribution in [0.15, 0.2) is 47.5 Å². The van der Waals surface area contributed by atoms with Gasteiger partial charge in [0.1, 0.15) is 6.10 Å². The van der Waals surface area contributed by atoms with E-state index in [9.17, 15) is 0 Å². The van der Waals surface area contributed by atoms with Gasteiger partial charge in [-0.2, -0.15) is 0 Å². The van der Waals surface area contributed by atoms with E-state index in [4.69, 9.17) is 14.5 Å². The molecule has 2 saturated heterocycles. The van der Waals surface area contributed by atoms with E-state index < -0.39 is 0 Å². The van der Waals surface area contributed by atoms with Crippen LogP contribution in [0.5, 0.6) is 0 Å². The maximum Gasteiger partial charge on any atom is 0.194 e. The van der Waals surface area contributed by atoms with E-state index in [1.54, 1.807) is 0 Å². The number of ether oxygens (including phenoxy) is 2. The highest BCUT2D eigenvalue weighted by molar-refractivity contribution is 5.85. The summed E-state index contributed by atoms with van der Waals surface area (Å²) in [5.74, 6) is 0.994. The van der Waals surface area contributed by atoms with Crippen LogP contribution in [0.2, 0.25) is 0 Å². The number of guanidine groups is 1. The Morgan fingerprint density at radius 2 is 1.96 bits per heavy atom. The second-order valence-electron chi connectivity index (χ2n) is 7.53. The second kappa shape index (κ2) is 9.39. The smallest absolute Gasteiger partial charge is 0.194 e. The van der Waals surface area contributed by atoms with Crippen molar-refractivity contribution in [2.75, 3.05) is 39.4 Å². The SMILES string of the molecule is CCNC(=NCCc1cccc2ccccc12)N1CCOC(C2CCCO2)C1. The molecule has 0 saturated carbocycles. The molecule has 2 aliphatic heterocycles. The Bertz CT molecular complexity index is 796. The lowest BCUT2D eigenvalue weighted by Crippen LogP contribution is -2.53. The molecule has 2 aromatic rings. The van der Waals surface area contributed by atoms with E-state index in [0.717, 1.165) is 64.6 Å². The van der Waals surface area contributed by atoms with E-state index in [2.05, 4.69) is 59.6 Å². The third kappa shape index (κ3) is 4.47. The number of hydrogen-bond donors (Lipinski definition) is 1. The largest absolute Gasteiger partial charge is 0.375 e. The molecule has 0 radical (unpaired) electrons. The monoisotopic (exact) mass is 381 g/mol. The third-order valence-corrected chi connectivity index (χ3v) is 5.63. The van der Waals surface area contributed by atoms with Crippen LogP contribution in [-0.4, -0.2) is 62.5 Å². The minimum atomic E-state index is 0.151. The Balaban J connectivity index is 1.42. The van der Waals surface area contributed by atoms with Gasteiger partial charge in [-0.25, -0.2) is 0 Å². The summed E-state index contributed by atoms with van der Waals surface area (Å²) in [6.45, 7) is 7.10. The van der Waals surface area contributed by atoms with Gasteiger partial charge in [0, 0.05) is 32.8 Å². The minimum Gasteiger partial charge on any atom is -0.375 e. The predicted molar refractivity (Wildman–Crippen MR) is 114 cm³/mol. The number of hydrogen-bond acceptors (Lipinski definition) is 3. The predicted octanol–water partition coefficient (Wildman–Crippen LogP) is 3.23. The fourth-order valence-corrected chi connectivity index (χ4v) is 4.21. The molecule has 150 valence electrons. The van der Waals surface area contributed by atoms with Crippen LogP contribution in [0.4, 0.5) is 0 Å². The normalized spacial score (nSPS) is 23.3. The number of morpholine rings is 1. The molecule has 5 nitrogen and oxygen atoms in total. The van der Waals surface area contributed by atoms with Gasteiger partial charge in [0.15, 0.2) is 5.96 Å². The molecule has 0 spiro atoms. The molecule has 2 fully saturated rings. The third-order valence-electron chi connectivity index (χ3n) is 5.63. The van der Waals surface area contributed by atoms with Gasteiger partial charge < -0.3 is 19.7 Å². The van der Waals surface area contributed by atoms with Crippen LogP contribution in [0.1, 0.15) is 25.3 Å². The highest BCUT2D eigenvalue weighted by atomic mass is 16.5. The Morgan fingerprint density at radius 1 is 1.11 bits per heavy atom. The maximum atomic E-state index is 5.99. The van der Waals surface area contributed by atoms with Crippen LogP contribution in [0.25, 0.3) is 10.8 Å². The first-order valence-electron chi connectivity index (χ1n) is 10.6. The highest BCUT2D eigenvalue weighted by Gasteiger charge is 2.32. The van der Waals surface area contributed by atoms with Crippen molar-refractivity contribution in [3.63, 3.8) is 0 Å². The second-order valence-corrected chi connectivity index (χ2v) is 7.53. The lowest BCUT2D eigenvalue weighted by atomic mass is 10.0.